The van der Waals surface area contributed by atoms with Gasteiger partial charge in [0, 0.05) is 6.20 Å². The Labute approximate surface area is 156 Å². The number of aryl methyl sites for hydroxylation is 1. The Morgan fingerprint density at radius 2 is 1.93 bits per heavy atom. The van der Waals surface area contributed by atoms with E-state index < -0.39 is 22.3 Å². The third kappa shape index (κ3) is 3.59. The monoisotopic (exact) mass is 392 g/mol. The van der Waals surface area contributed by atoms with Crippen LogP contribution in [0.4, 0.5) is 13.2 Å². The second-order valence-corrected chi connectivity index (χ2v) is 6.18. The summed E-state index contributed by atoms with van der Waals surface area (Å²) >= 11 is 5.71. The first-order valence-electron chi connectivity index (χ1n) is 7.73. The predicted molar refractivity (Wildman–Crippen MR) is 92.8 cm³/mol. The van der Waals surface area contributed by atoms with Gasteiger partial charge in [-0.1, -0.05) is 29.8 Å². The molecule has 9 heteroatoms. The molecule has 3 rings (SSSR count). The highest BCUT2D eigenvalue weighted by atomic mass is 35.5. The third-order valence-corrected chi connectivity index (χ3v) is 4.23. The van der Waals surface area contributed by atoms with Crippen LogP contribution in [0.2, 0.25) is 5.02 Å². The second-order valence-electron chi connectivity index (χ2n) is 5.77. The first-order valence-corrected chi connectivity index (χ1v) is 8.11. The van der Waals surface area contributed by atoms with Gasteiger partial charge in [-0.2, -0.15) is 23.5 Å². The smallest absolute Gasteiger partial charge is 0.308 e. The molecule has 3 aromatic rings. The van der Waals surface area contributed by atoms with Gasteiger partial charge >= 0.3 is 6.18 Å². The maximum absolute atomic E-state index is 13.1. The lowest BCUT2D eigenvalue weighted by molar-refractivity contribution is -0.138. The van der Waals surface area contributed by atoms with Crippen molar-refractivity contribution in [1.29, 1.82) is 5.26 Å². The topological polar surface area (TPSA) is 63.6 Å². The number of halogens is 4. The number of pyridine rings is 1. The van der Waals surface area contributed by atoms with E-state index in [4.69, 9.17) is 11.6 Å². The van der Waals surface area contributed by atoms with Crippen LogP contribution in [0.3, 0.4) is 0 Å². The highest BCUT2D eigenvalue weighted by Crippen LogP contribution is 2.30. The summed E-state index contributed by atoms with van der Waals surface area (Å²) in [5, 5.41) is 13.2. The molecule has 138 valence electrons. The number of aromatic nitrogens is 3. The van der Waals surface area contributed by atoms with Crippen molar-refractivity contribution in [3.63, 3.8) is 0 Å². The van der Waals surface area contributed by atoms with Gasteiger partial charge in [0.2, 0.25) is 0 Å². The van der Waals surface area contributed by atoms with Crippen molar-refractivity contribution in [3.05, 3.63) is 80.5 Å². The van der Waals surface area contributed by atoms with E-state index in [1.165, 1.54) is 4.68 Å². The van der Waals surface area contributed by atoms with E-state index in [1.54, 1.807) is 37.3 Å². The van der Waals surface area contributed by atoms with Crippen LogP contribution in [0, 0.1) is 18.3 Å². The summed E-state index contributed by atoms with van der Waals surface area (Å²) in [6, 6.07) is 11.4. The van der Waals surface area contributed by atoms with Crippen LogP contribution in [0.25, 0.3) is 5.69 Å². The number of benzene rings is 1. The minimum atomic E-state index is -4.66. The fraction of sp³-hybridized carbons (Fsp3) is 0.167. The summed E-state index contributed by atoms with van der Waals surface area (Å²) in [4.78, 5) is 12.3. The second kappa shape index (κ2) is 6.93. The molecule has 2 heterocycles. The molecule has 27 heavy (non-hydrogen) atoms. The predicted octanol–water partition coefficient (Wildman–Crippen LogP) is 3.93. The van der Waals surface area contributed by atoms with Gasteiger partial charge in [-0.15, -0.1) is 0 Å². The van der Waals surface area contributed by atoms with E-state index in [-0.39, 0.29) is 12.1 Å². The number of nitrogens with zero attached hydrogens (tertiary/aromatic N) is 4. The van der Waals surface area contributed by atoms with Crippen LogP contribution in [0.5, 0.6) is 0 Å². The van der Waals surface area contributed by atoms with E-state index in [0.717, 1.165) is 4.57 Å². The minimum Gasteiger partial charge on any atom is -0.308 e. The Morgan fingerprint density at radius 3 is 2.52 bits per heavy atom. The fourth-order valence-electron chi connectivity index (χ4n) is 2.68. The molecule has 0 aliphatic rings. The molecule has 0 atom stereocenters. The van der Waals surface area contributed by atoms with Gasteiger partial charge in [0.15, 0.2) is 0 Å². The van der Waals surface area contributed by atoms with Crippen LogP contribution in [0.15, 0.2) is 47.4 Å². The molecule has 0 spiro atoms. The van der Waals surface area contributed by atoms with Crippen molar-refractivity contribution >= 4 is 11.6 Å². The Morgan fingerprint density at radius 1 is 1.26 bits per heavy atom. The molecule has 0 radical (unpaired) electrons. The summed E-state index contributed by atoms with van der Waals surface area (Å²) in [6.45, 7) is 1.32. The molecule has 5 nitrogen and oxygen atoms in total. The molecule has 1 aromatic carbocycles. The molecule has 0 bridgehead atoms. The van der Waals surface area contributed by atoms with Crippen molar-refractivity contribution in [2.75, 3.05) is 0 Å². The Kier molecular flexibility index (Phi) is 4.81. The standard InChI is InChI=1S/C18H12ClF3N4O/c1-11-14(8-23)16(26(24-11)13-5-3-2-4-6-13)10-25-9-12(18(20,21)22)7-15(19)17(25)27/h2-7,9H,10H2,1H3. The average Bonchev–Trinajstić information content (AvgIpc) is 2.94. The fourth-order valence-corrected chi connectivity index (χ4v) is 2.91. The first-order chi connectivity index (χ1) is 12.7. The van der Waals surface area contributed by atoms with E-state index in [0.29, 0.717) is 29.3 Å². The van der Waals surface area contributed by atoms with Crippen LogP contribution in [-0.2, 0) is 12.7 Å². The lowest BCUT2D eigenvalue weighted by Gasteiger charge is -2.13. The van der Waals surface area contributed by atoms with Crippen molar-refractivity contribution in [2.24, 2.45) is 0 Å². The van der Waals surface area contributed by atoms with Gasteiger partial charge in [0.05, 0.1) is 34.7 Å². The summed E-state index contributed by atoms with van der Waals surface area (Å²) in [6.07, 6.45) is -3.97. The molecule has 0 N–H and O–H groups in total. The normalized spacial score (nSPS) is 11.4. The number of hydrogen-bond acceptors (Lipinski definition) is 3. The summed E-state index contributed by atoms with van der Waals surface area (Å²) in [5.74, 6) is 0. The Hall–Kier alpha value is -3.05. The van der Waals surface area contributed by atoms with Gasteiger partial charge in [-0.05, 0) is 25.1 Å². The molecular weight excluding hydrogens is 381 g/mol. The van der Waals surface area contributed by atoms with E-state index in [1.807, 2.05) is 6.07 Å². The molecule has 0 saturated heterocycles. The quantitative estimate of drug-likeness (QED) is 0.678. The lowest BCUT2D eigenvalue weighted by Crippen LogP contribution is -2.24. The molecule has 2 aromatic heterocycles. The van der Waals surface area contributed by atoms with Crippen LogP contribution < -0.4 is 5.56 Å². The average molecular weight is 393 g/mol. The Bertz CT molecular complexity index is 1090. The number of rotatable bonds is 3. The number of para-hydroxylation sites is 1. The minimum absolute atomic E-state index is 0.194. The van der Waals surface area contributed by atoms with E-state index in [9.17, 15) is 23.2 Å². The molecule has 0 aliphatic carbocycles. The van der Waals surface area contributed by atoms with Gasteiger partial charge in [0.25, 0.3) is 5.56 Å². The molecule has 0 fully saturated rings. The summed E-state index contributed by atoms with van der Waals surface area (Å²) in [5.41, 5.74) is -0.330. The van der Waals surface area contributed by atoms with Crippen molar-refractivity contribution in [2.45, 2.75) is 19.6 Å². The number of alkyl halides is 3. The molecule has 0 amide bonds. The SMILES string of the molecule is Cc1nn(-c2ccccc2)c(Cn2cc(C(F)(F)F)cc(Cl)c2=O)c1C#N. The molecular formula is C18H12ClF3N4O. The van der Waals surface area contributed by atoms with Gasteiger partial charge in [-0.25, -0.2) is 4.68 Å². The van der Waals surface area contributed by atoms with E-state index >= 15 is 0 Å². The number of hydrogen-bond donors (Lipinski definition) is 0. The van der Waals surface area contributed by atoms with Crippen LogP contribution >= 0.6 is 11.6 Å². The Balaban J connectivity index is 2.19. The van der Waals surface area contributed by atoms with E-state index in [2.05, 4.69) is 5.10 Å². The summed E-state index contributed by atoms with van der Waals surface area (Å²) in [7, 11) is 0. The van der Waals surface area contributed by atoms with Gasteiger partial charge < -0.3 is 4.57 Å². The highest BCUT2D eigenvalue weighted by Gasteiger charge is 2.32. The zero-order valence-electron chi connectivity index (χ0n) is 14.0. The number of nitriles is 1. The zero-order valence-corrected chi connectivity index (χ0v) is 14.7. The molecule has 0 aliphatic heterocycles. The zero-order chi connectivity index (χ0) is 19.8. The van der Waals surface area contributed by atoms with Gasteiger partial charge in [0.1, 0.15) is 11.1 Å². The maximum atomic E-state index is 13.1. The van der Waals surface area contributed by atoms with Gasteiger partial charge in [-0.3, -0.25) is 4.79 Å². The van der Waals surface area contributed by atoms with Crippen molar-refractivity contribution < 1.29 is 13.2 Å². The van der Waals surface area contributed by atoms with Crippen LogP contribution in [-0.4, -0.2) is 14.3 Å². The molecule has 0 saturated carbocycles. The lowest BCUT2D eigenvalue weighted by atomic mass is 10.2. The van der Waals surface area contributed by atoms with Crippen LogP contribution in [0.1, 0.15) is 22.5 Å². The van der Waals surface area contributed by atoms with Crippen molar-refractivity contribution in [1.82, 2.24) is 14.3 Å². The third-order valence-electron chi connectivity index (χ3n) is 3.96. The largest absolute Gasteiger partial charge is 0.417 e. The summed E-state index contributed by atoms with van der Waals surface area (Å²) < 4.78 is 41.5. The first kappa shape index (κ1) is 18.7. The van der Waals surface area contributed by atoms with Crippen molar-refractivity contribution in [3.8, 4) is 11.8 Å². The highest BCUT2D eigenvalue weighted by molar-refractivity contribution is 6.30. The maximum Gasteiger partial charge on any atom is 0.417 e. The molecule has 0 unspecified atom stereocenters.